The summed E-state index contributed by atoms with van der Waals surface area (Å²) in [6, 6.07) is 9.77. The Hall–Kier alpha value is -3.82. The van der Waals surface area contributed by atoms with Crippen molar-refractivity contribution in [3.05, 3.63) is 76.7 Å². The average Bonchev–Trinajstić information content (AvgIpc) is 3.40. The number of aryl methyl sites for hydroxylation is 2. The van der Waals surface area contributed by atoms with Crippen LogP contribution in [0.3, 0.4) is 0 Å². The van der Waals surface area contributed by atoms with Gasteiger partial charge in [-0.3, -0.25) is 9.78 Å². The number of thiophene rings is 1. The van der Waals surface area contributed by atoms with E-state index in [4.69, 9.17) is 4.74 Å². The van der Waals surface area contributed by atoms with Gasteiger partial charge >= 0.3 is 0 Å². The van der Waals surface area contributed by atoms with Crippen LogP contribution in [0.2, 0.25) is 0 Å². The molecule has 1 amide bonds. The van der Waals surface area contributed by atoms with E-state index in [2.05, 4.69) is 20.3 Å². The molecule has 184 valence electrons. The smallest absolute Gasteiger partial charge is 0.246 e. The van der Waals surface area contributed by atoms with Gasteiger partial charge in [0, 0.05) is 41.0 Å². The molecule has 0 saturated heterocycles. The summed E-state index contributed by atoms with van der Waals surface area (Å²) < 4.78 is 6.00. The van der Waals surface area contributed by atoms with Crippen molar-refractivity contribution in [2.75, 3.05) is 26.0 Å². The van der Waals surface area contributed by atoms with Crippen LogP contribution in [-0.2, 0) is 17.9 Å². The van der Waals surface area contributed by atoms with Crippen LogP contribution in [0, 0.1) is 13.8 Å². The van der Waals surface area contributed by atoms with E-state index in [0.717, 1.165) is 55.7 Å². The number of benzene rings is 1. The van der Waals surface area contributed by atoms with Crippen molar-refractivity contribution >= 4 is 39.0 Å². The minimum absolute atomic E-state index is 0.0229. The molecule has 1 aliphatic heterocycles. The summed E-state index contributed by atoms with van der Waals surface area (Å²) in [5.74, 6) is 2.24. The van der Waals surface area contributed by atoms with E-state index in [1.165, 1.54) is 0 Å². The summed E-state index contributed by atoms with van der Waals surface area (Å²) in [5, 5.41) is 4.44. The van der Waals surface area contributed by atoms with Crippen LogP contribution < -0.4 is 10.1 Å². The summed E-state index contributed by atoms with van der Waals surface area (Å²) in [4.78, 5) is 32.0. The first kappa shape index (κ1) is 23.9. The maximum absolute atomic E-state index is 12.7. The highest BCUT2D eigenvalue weighted by atomic mass is 32.1. The topological polar surface area (TPSA) is 83.5 Å². The van der Waals surface area contributed by atoms with Crippen molar-refractivity contribution in [2.45, 2.75) is 26.9 Å². The number of carbonyl (C=O) groups is 1. The van der Waals surface area contributed by atoms with E-state index >= 15 is 0 Å². The number of nitrogens with one attached hydrogen (secondary N) is 1. The summed E-state index contributed by atoms with van der Waals surface area (Å²) in [6.45, 7) is 5.84. The molecular weight excluding hydrogens is 472 g/mol. The molecule has 0 saturated carbocycles. The molecule has 0 aliphatic carbocycles. The third-order valence-electron chi connectivity index (χ3n) is 5.95. The lowest BCUT2D eigenvalue weighted by Crippen LogP contribution is -2.23. The van der Waals surface area contributed by atoms with Gasteiger partial charge in [-0.15, -0.1) is 11.3 Å². The number of hydrogen-bond donors (Lipinski definition) is 1. The van der Waals surface area contributed by atoms with Gasteiger partial charge in [0.15, 0.2) is 0 Å². The number of aromatic nitrogens is 3. The summed E-state index contributed by atoms with van der Waals surface area (Å²) in [5.41, 5.74) is 3.96. The zero-order valence-corrected chi connectivity index (χ0v) is 21.6. The maximum Gasteiger partial charge on any atom is 0.246 e. The quantitative estimate of drug-likeness (QED) is 0.349. The molecule has 4 heterocycles. The van der Waals surface area contributed by atoms with Crippen molar-refractivity contribution in [1.82, 2.24) is 24.8 Å². The van der Waals surface area contributed by atoms with Crippen molar-refractivity contribution < 1.29 is 9.53 Å². The summed E-state index contributed by atoms with van der Waals surface area (Å²) >= 11 is 1.63. The lowest BCUT2D eigenvalue weighted by molar-refractivity contribution is -0.126. The Balaban J connectivity index is 1.35. The number of pyridine rings is 1. The van der Waals surface area contributed by atoms with Crippen LogP contribution in [0.15, 0.2) is 55.0 Å². The maximum atomic E-state index is 12.7. The normalized spacial score (nSPS) is 13.1. The fourth-order valence-electron chi connectivity index (χ4n) is 4.09. The van der Waals surface area contributed by atoms with Crippen LogP contribution in [0.1, 0.15) is 21.7 Å². The second-order valence-electron chi connectivity index (χ2n) is 9.11. The number of hydrogen-bond acceptors (Lipinski definition) is 8. The third kappa shape index (κ3) is 5.07. The van der Waals surface area contributed by atoms with E-state index in [1.807, 2.05) is 74.2 Å². The van der Waals surface area contributed by atoms with Crippen LogP contribution in [-0.4, -0.2) is 51.3 Å². The molecule has 5 rings (SSSR count). The molecule has 0 bridgehead atoms. The number of ether oxygens (including phenoxy) is 1. The highest BCUT2D eigenvalue weighted by molar-refractivity contribution is 7.19. The van der Waals surface area contributed by atoms with Gasteiger partial charge in [-0.25, -0.2) is 9.97 Å². The Morgan fingerprint density at radius 2 is 2.03 bits per heavy atom. The minimum Gasteiger partial charge on any atom is -0.455 e. The molecule has 36 heavy (non-hydrogen) atoms. The van der Waals surface area contributed by atoms with E-state index in [0.29, 0.717) is 18.8 Å². The van der Waals surface area contributed by atoms with Crippen LogP contribution in [0.4, 0.5) is 11.5 Å². The fourth-order valence-corrected chi connectivity index (χ4v) is 5.26. The van der Waals surface area contributed by atoms with Gasteiger partial charge < -0.3 is 19.9 Å². The molecule has 9 heteroatoms. The third-order valence-corrected chi connectivity index (χ3v) is 7.07. The number of rotatable bonds is 7. The molecule has 0 radical (unpaired) electrons. The lowest BCUT2D eigenvalue weighted by atomic mass is 10.1. The summed E-state index contributed by atoms with van der Waals surface area (Å²) in [6.07, 6.45) is 6.86. The first-order valence-corrected chi connectivity index (χ1v) is 12.5. The standard InChI is InChI=1S/C27H28N6O2S/c1-17-12-19(8-10-22(17)35-20-9-7-18(2)28-13-20)31-26-25-21-14-33(24(34)6-5-11-32(3)4)15-23(21)36-27(25)30-16-29-26/h5-10,12-13,16H,11,14-15H2,1-4H3,(H,29,30,31)/b6-5+. The first-order valence-electron chi connectivity index (χ1n) is 11.7. The Morgan fingerprint density at radius 1 is 1.17 bits per heavy atom. The number of anilines is 2. The Kier molecular flexibility index (Phi) is 6.67. The number of carbonyl (C=O) groups excluding carboxylic acids is 1. The SMILES string of the molecule is Cc1ccc(Oc2ccc(Nc3ncnc4sc5c(c34)CN(C(=O)/C=C/CN(C)C)C5)cc2C)cn1. The molecule has 0 atom stereocenters. The second kappa shape index (κ2) is 10.0. The Labute approximate surface area is 214 Å². The van der Waals surface area contributed by atoms with E-state index < -0.39 is 0 Å². The second-order valence-corrected chi connectivity index (χ2v) is 10.2. The van der Waals surface area contributed by atoms with Gasteiger partial charge in [0.2, 0.25) is 5.91 Å². The Bertz CT molecular complexity index is 1440. The molecule has 4 aromatic rings. The number of fused-ring (bicyclic) bond motifs is 3. The molecule has 0 spiro atoms. The predicted octanol–water partition coefficient (Wildman–Crippen LogP) is 5.20. The van der Waals surface area contributed by atoms with Gasteiger partial charge in [-0.1, -0.05) is 6.08 Å². The molecular formula is C27H28N6O2S. The largest absolute Gasteiger partial charge is 0.455 e. The molecule has 1 aromatic carbocycles. The number of amides is 1. The van der Waals surface area contributed by atoms with E-state index in [1.54, 1.807) is 29.9 Å². The molecule has 1 N–H and O–H groups in total. The molecule has 0 fully saturated rings. The monoisotopic (exact) mass is 500 g/mol. The zero-order chi connectivity index (χ0) is 25.2. The van der Waals surface area contributed by atoms with Crippen LogP contribution in [0.5, 0.6) is 11.5 Å². The number of likely N-dealkylation sites (N-methyl/N-ethyl adjacent to an activating group) is 1. The number of nitrogens with zero attached hydrogens (tertiary/aromatic N) is 5. The molecule has 1 aliphatic rings. The predicted molar refractivity (Wildman–Crippen MR) is 143 cm³/mol. The lowest BCUT2D eigenvalue weighted by Gasteiger charge is -2.14. The highest BCUT2D eigenvalue weighted by Crippen LogP contribution is 2.40. The van der Waals surface area contributed by atoms with E-state index in [9.17, 15) is 4.79 Å². The minimum atomic E-state index is 0.0229. The van der Waals surface area contributed by atoms with Crippen molar-refractivity contribution in [3.8, 4) is 11.5 Å². The van der Waals surface area contributed by atoms with Crippen LogP contribution >= 0.6 is 11.3 Å². The van der Waals surface area contributed by atoms with Gasteiger partial charge in [0.25, 0.3) is 0 Å². The first-order chi connectivity index (χ1) is 17.4. The summed E-state index contributed by atoms with van der Waals surface area (Å²) in [7, 11) is 3.96. The fraction of sp³-hybridized carbons (Fsp3) is 0.259. The van der Waals surface area contributed by atoms with Crippen molar-refractivity contribution in [2.24, 2.45) is 0 Å². The highest BCUT2D eigenvalue weighted by Gasteiger charge is 2.28. The molecule has 0 unspecified atom stereocenters. The van der Waals surface area contributed by atoms with Gasteiger partial charge in [-0.05, 0) is 63.8 Å². The van der Waals surface area contributed by atoms with Gasteiger partial charge in [0.05, 0.1) is 18.1 Å². The van der Waals surface area contributed by atoms with Crippen molar-refractivity contribution in [1.29, 1.82) is 0 Å². The molecule has 8 nitrogen and oxygen atoms in total. The Morgan fingerprint density at radius 3 is 2.78 bits per heavy atom. The van der Waals surface area contributed by atoms with Gasteiger partial charge in [-0.2, -0.15) is 0 Å². The van der Waals surface area contributed by atoms with Crippen molar-refractivity contribution in [3.63, 3.8) is 0 Å². The van der Waals surface area contributed by atoms with Crippen LogP contribution in [0.25, 0.3) is 10.2 Å². The average molecular weight is 501 g/mol. The molecule has 3 aromatic heterocycles. The van der Waals surface area contributed by atoms with E-state index in [-0.39, 0.29) is 5.91 Å². The zero-order valence-electron chi connectivity index (χ0n) is 20.8. The van der Waals surface area contributed by atoms with Gasteiger partial charge in [0.1, 0.15) is 28.5 Å².